The van der Waals surface area contributed by atoms with E-state index in [0.717, 1.165) is 0 Å². The number of amides is 2. The number of nitrogens with one attached hydrogen (secondary N) is 2. The van der Waals surface area contributed by atoms with Crippen molar-refractivity contribution in [2.75, 3.05) is 0 Å². The molecule has 2 N–H and O–H groups in total. The molecule has 1 aromatic heterocycles. The van der Waals surface area contributed by atoms with E-state index >= 15 is 0 Å². The average Bonchev–Trinajstić information content (AvgIpc) is 2.98. The van der Waals surface area contributed by atoms with Gasteiger partial charge in [0, 0.05) is 0 Å². The van der Waals surface area contributed by atoms with Crippen LogP contribution in [0.5, 0.6) is 0 Å². The zero-order valence-electron chi connectivity index (χ0n) is 11.4. The predicted octanol–water partition coefficient (Wildman–Crippen LogP) is 2.37. The van der Waals surface area contributed by atoms with Gasteiger partial charge in [0.05, 0.1) is 23.4 Å². The fraction of sp³-hybridized carbons (Fsp3) is 0.200. The Morgan fingerprint density at radius 1 is 1.24 bits per heavy atom. The van der Waals surface area contributed by atoms with E-state index in [4.69, 9.17) is 16.0 Å². The number of carbonyl (C=O) groups is 2. The molecule has 0 saturated carbocycles. The molecule has 1 aromatic carbocycles. The molecule has 0 radical (unpaired) electrons. The summed E-state index contributed by atoms with van der Waals surface area (Å²) in [6.07, 6.45) is 1.53. The molecule has 2 amide bonds. The first-order valence-corrected chi connectivity index (χ1v) is 6.81. The molecule has 0 bridgehead atoms. The molecule has 0 aliphatic heterocycles. The molecule has 2 aromatic rings. The Labute approximate surface area is 127 Å². The van der Waals surface area contributed by atoms with E-state index in [0.29, 0.717) is 16.3 Å². The lowest BCUT2D eigenvalue weighted by atomic mass is 10.2. The summed E-state index contributed by atoms with van der Waals surface area (Å²) in [4.78, 5) is 23.9. The summed E-state index contributed by atoms with van der Waals surface area (Å²) in [6, 6.07) is 9.49. The van der Waals surface area contributed by atoms with Gasteiger partial charge in [0.25, 0.3) is 5.91 Å². The first-order valence-electron chi connectivity index (χ1n) is 6.43. The molecule has 110 valence electrons. The molecule has 0 saturated heterocycles. The molecule has 0 aliphatic rings. The van der Waals surface area contributed by atoms with Crippen molar-refractivity contribution in [1.29, 1.82) is 0 Å². The quantitative estimate of drug-likeness (QED) is 0.891. The minimum absolute atomic E-state index is 0.276. The molecule has 0 aliphatic carbocycles. The Balaban J connectivity index is 1.88. The minimum Gasteiger partial charge on any atom is -0.467 e. The van der Waals surface area contributed by atoms with Crippen molar-refractivity contribution in [3.63, 3.8) is 0 Å². The van der Waals surface area contributed by atoms with E-state index in [1.165, 1.54) is 6.26 Å². The monoisotopic (exact) mass is 306 g/mol. The van der Waals surface area contributed by atoms with Crippen molar-refractivity contribution < 1.29 is 14.0 Å². The van der Waals surface area contributed by atoms with Gasteiger partial charge in [-0.2, -0.15) is 0 Å². The first-order chi connectivity index (χ1) is 10.1. The highest BCUT2D eigenvalue weighted by atomic mass is 35.5. The topological polar surface area (TPSA) is 71.3 Å². The third-order valence-electron chi connectivity index (χ3n) is 2.88. The molecular weight excluding hydrogens is 292 g/mol. The summed E-state index contributed by atoms with van der Waals surface area (Å²) >= 11 is 5.94. The third kappa shape index (κ3) is 4.10. The predicted molar refractivity (Wildman–Crippen MR) is 78.9 cm³/mol. The Kier molecular flexibility index (Phi) is 5.00. The van der Waals surface area contributed by atoms with E-state index in [1.54, 1.807) is 43.3 Å². The van der Waals surface area contributed by atoms with E-state index in [-0.39, 0.29) is 18.4 Å². The van der Waals surface area contributed by atoms with Gasteiger partial charge in [0.15, 0.2) is 0 Å². The summed E-state index contributed by atoms with van der Waals surface area (Å²) in [5, 5.41) is 5.62. The molecule has 21 heavy (non-hydrogen) atoms. The van der Waals surface area contributed by atoms with Crippen molar-refractivity contribution in [1.82, 2.24) is 10.6 Å². The van der Waals surface area contributed by atoms with Crippen LogP contribution in [0.25, 0.3) is 0 Å². The summed E-state index contributed by atoms with van der Waals surface area (Å²) in [6.45, 7) is 1.88. The van der Waals surface area contributed by atoms with Gasteiger partial charge in [0.1, 0.15) is 11.8 Å². The molecule has 6 heteroatoms. The zero-order valence-corrected chi connectivity index (χ0v) is 12.2. The Bertz CT molecular complexity index is 626. The number of benzene rings is 1. The van der Waals surface area contributed by atoms with E-state index in [1.807, 2.05) is 0 Å². The highest BCUT2D eigenvalue weighted by Gasteiger charge is 2.17. The molecule has 1 atom stereocenters. The van der Waals surface area contributed by atoms with Gasteiger partial charge >= 0.3 is 0 Å². The van der Waals surface area contributed by atoms with Gasteiger partial charge in [-0.15, -0.1) is 0 Å². The molecule has 0 fully saturated rings. The molecule has 0 unspecified atom stereocenters. The van der Waals surface area contributed by atoms with E-state index < -0.39 is 6.04 Å². The standard InChI is InChI=1S/C15H15ClN2O3/c1-10(14(19)17-9-11-5-4-8-21-11)18-15(20)12-6-2-3-7-13(12)16/h2-8,10H,9H2,1H3,(H,17,19)(H,18,20)/t10-/m1/s1. The van der Waals surface area contributed by atoms with Crippen LogP contribution < -0.4 is 10.6 Å². The van der Waals surface area contributed by atoms with Crippen LogP contribution in [-0.2, 0) is 11.3 Å². The Morgan fingerprint density at radius 2 is 2.00 bits per heavy atom. The number of halogens is 1. The van der Waals surface area contributed by atoms with E-state index in [9.17, 15) is 9.59 Å². The van der Waals surface area contributed by atoms with Gasteiger partial charge in [-0.25, -0.2) is 0 Å². The van der Waals surface area contributed by atoms with Crippen molar-refractivity contribution in [2.45, 2.75) is 19.5 Å². The van der Waals surface area contributed by atoms with Crippen molar-refractivity contribution in [3.05, 3.63) is 59.0 Å². The second-order valence-electron chi connectivity index (χ2n) is 4.47. The average molecular weight is 307 g/mol. The first kappa shape index (κ1) is 15.1. The molecule has 2 rings (SSSR count). The fourth-order valence-electron chi connectivity index (χ4n) is 1.73. The third-order valence-corrected chi connectivity index (χ3v) is 3.21. The molecule has 1 heterocycles. The van der Waals surface area contributed by atoms with Crippen LogP contribution in [0.15, 0.2) is 47.1 Å². The van der Waals surface area contributed by atoms with Crippen LogP contribution in [0.3, 0.4) is 0 Å². The number of carbonyl (C=O) groups excluding carboxylic acids is 2. The van der Waals surface area contributed by atoms with Crippen LogP contribution in [-0.4, -0.2) is 17.9 Å². The van der Waals surface area contributed by atoms with E-state index in [2.05, 4.69) is 10.6 Å². The number of hydrogen-bond acceptors (Lipinski definition) is 3. The summed E-state index contributed by atoms with van der Waals surface area (Å²) < 4.78 is 5.11. The highest BCUT2D eigenvalue weighted by molar-refractivity contribution is 6.33. The van der Waals surface area contributed by atoms with Crippen LogP contribution in [0.4, 0.5) is 0 Å². The summed E-state index contributed by atoms with van der Waals surface area (Å²) in [5.41, 5.74) is 0.338. The fourth-order valence-corrected chi connectivity index (χ4v) is 1.95. The van der Waals surface area contributed by atoms with Gasteiger partial charge in [-0.05, 0) is 31.2 Å². The molecule has 5 nitrogen and oxygen atoms in total. The van der Waals surface area contributed by atoms with Gasteiger partial charge in [-0.1, -0.05) is 23.7 Å². The van der Waals surface area contributed by atoms with Gasteiger partial charge < -0.3 is 15.1 Å². The molecular formula is C15H15ClN2O3. The number of hydrogen-bond donors (Lipinski definition) is 2. The van der Waals surface area contributed by atoms with Gasteiger partial charge in [0.2, 0.25) is 5.91 Å². The summed E-state index contributed by atoms with van der Waals surface area (Å²) in [7, 11) is 0. The SMILES string of the molecule is C[C@@H](NC(=O)c1ccccc1Cl)C(=O)NCc1ccco1. The lowest BCUT2D eigenvalue weighted by Crippen LogP contribution is -2.44. The highest BCUT2D eigenvalue weighted by Crippen LogP contribution is 2.14. The van der Waals surface area contributed by atoms with Crippen LogP contribution >= 0.6 is 11.6 Å². The van der Waals surface area contributed by atoms with Crippen molar-refractivity contribution >= 4 is 23.4 Å². The Hall–Kier alpha value is -2.27. The van der Waals surface area contributed by atoms with Crippen molar-refractivity contribution in [2.24, 2.45) is 0 Å². The second-order valence-corrected chi connectivity index (χ2v) is 4.88. The van der Waals surface area contributed by atoms with Crippen LogP contribution in [0, 0.1) is 0 Å². The lowest BCUT2D eigenvalue weighted by Gasteiger charge is -2.14. The normalized spacial score (nSPS) is 11.7. The smallest absolute Gasteiger partial charge is 0.253 e. The second kappa shape index (κ2) is 6.95. The minimum atomic E-state index is -0.677. The largest absolute Gasteiger partial charge is 0.467 e. The van der Waals surface area contributed by atoms with Crippen LogP contribution in [0.1, 0.15) is 23.0 Å². The maximum atomic E-state index is 12.0. The Morgan fingerprint density at radius 3 is 2.67 bits per heavy atom. The summed E-state index contributed by atoms with van der Waals surface area (Å²) in [5.74, 6) is -0.0407. The zero-order chi connectivity index (χ0) is 15.2. The number of rotatable bonds is 5. The maximum absolute atomic E-state index is 12.0. The van der Waals surface area contributed by atoms with Crippen LogP contribution in [0.2, 0.25) is 5.02 Å². The molecule has 0 spiro atoms. The van der Waals surface area contributed by atoms with Gasteiger partial charge in [-0.3, -0.25) is 9.59 Å². The maximum Gasteiger partial charge on any atom is 0.253 e. The lowest BCUT2D eigenvalue weighted by molar-refractivity contribution is -0.122. The van der Waals surface area contributed by atoms with Crippen molar-refractivity contribution in [3.8, 4) is 0 Å². The number of furan rings is 1.